The summed E-state index contributed by atoms with van der Waals surface area (Å²) in [5.41, 5.74) is 0.502. The van der Waals surface area contributed by atoms with Gasteiger partial charge >= 0.3 is 0 Å². The summed E-state index contributed by atoms with van der Waals surface area (Å²) in [5.74, 6) is -0.603. The Morgan fingerprint density at radius 3 is 2.47 bits per heavy atom. The van der Waals surface area contributed by atoms with E-state index in [4.69, 9.17) is 16.3 Å². The van der Waals surface area contributed by atoms with Gasteiger partial charge < -0.3 is 14.6 Å². The van der Waals surface area contributed by atoms with Crippen LogP contribution in [0.25, 0.3) is 0 Å². The quantitative estimate of drug-likeness (QED) is 0.457. The summed E-state index contributed by atoms with van der Waals surface area (Å²) in [6, 6.07) is 13.4. The largest absolute Gasteiger partial charge is 0.755 e. The summed E-state index contributed by atoms with van der Waals surface area (Å²) in [4.78, 5) is 13.2. The summed E-state index contributed by atoms with van der Waals surface area (Å²) >= 11 is 4.60. The number of sulfonamides is 1. The molecule has 2 aromatic carbocycles. The van der Waals surface area contributed by atoms with Gasteiger partial charge in [-0.1, -0.05) is 11.6 Å². The number of nitrogens with one attached hydrogen (secondary N) is 1. The fourth-order valence-electron chi connectivity index (χ4n) is 3.37. The maximum atomic E-state index is 13.1. The zero-order valence-electron chi connectivity index (χ0n) is 17.5. The van der Waals surface area contributed by atoms with Crippen molar-refractivity contribution >= 4 is 66.5 Å². The molecule has 1 atom stereocenters. The van der Waals surface area contributed by atoms with Crippen LogP contribution in [0.15, 0.2) is 64.9 Å². The topological polar surface area (TPSA) is 119 Å². The number of benzene rings is 2. The molecule has 0 saturated carbocycles. The molecule has 0 bridgehead atoms. The molecular weight excluding hydrogens is 522 g/mol. The zero-order valence-corrected chi connectivity index (χ0v) is 20.8. The third-order valence-electron chi connectivity index (χ3n) is 5.00. The van der Waals surface area contributed by atoms with Crippen LogP contribution in [-0.2, 0) is 26.0 Å². The Hall–Kier alpha value is -2.32. The van der Waals surface area contributed by atoms with Gasteiger partial charge in [0, 0.05) is 23.8 Å². The standard InChI is InChI=1S/C21H20ClN3O6S3/c22-15-3-8-19(25(33(27)28)20-2-1-13-32-20)18(14-15)21(26)23-16-4-6-17(7-5-16)34(29,30)24-9-11-31-12-10-24/h1-8,13-14H,9-12H2,(H,23,26)(H,27,28)/p-1. The number of rotatable bonds is 7. The van der Waals surface area contributed by atoms with Crippen molar-refractivity contribution in [1.29, 1.82) is 0 Å². The highest BCUT2D eigenvalue weighted by atomic mass is 35.5. The van der Waals surface area contributed by atoms with Gasteiger partial charge in [-0.15, -0.1) is 11.3 Å². The molecule has 0 aliphatic carbocycles. The van der Waals surface area contributed by atoms with Gasteiger partial charge in [0.15, 0.2) is 0 Å². The maximum Gasteiger partial charge on any atom is 0.257 e. The van der Waals surface area contributed by atoms with E-state index in [1.165, 1.54) is 58.1 Å². The van der Waals surface area contributed by atoms with Crippen LogP contribution in [-0.4, -0.2) is 53.7 Å². The van der Waals surface area contributed by atoms with E-state index < -0.39 is 27.2 Å². The molecule has 3 aromatic rings. The van der Waals surface area contributed by atoms with E-state index in [1.807, 2.05) is 0 Å². The molecule has 1 saturated heterocycles. The Balaban J connectivity index is 1.59. The lowest BCUT2D eigenvalue weighted by Crippen LogP contribution is -2.40. The van der Waals surface area contributed by atoms with E-state index >= 15 is 0 Å². The van der Waals surface area contributed by atoms with E-state index in [2.05, 4.69) is 5.32 Å². The normalized spacial score (nSPS) is 15.6. The molecule has 0 spiro atoms. The number of carbonyl (C=O) groups is 1. The number of morpholine rings is 1. The highest BCUT2D eigenvalue weighted by molar-refractivity contribution is 7.89. The van der Waals surface area contributed by atoms with E-state index in [1.54, 1.807) is 17.5 Å². The van der Waals surface area contributed by atoms with Crippen molar-refractivity contribution in [2.45, 2.75) is 4.90 Å². The molecule has 1 aliphatic heterocycles. The van der Waals surface area contributed by atoms with Gasteiger partial charge in [0.1, 0.15) is 5.00 Å². The molecule has 2 heterocycles. The second kappa shape index (κ2) is 10.5. The van der Waals surface area contributed by atoms with Gasteiger partial charge in [0.25, 0.3) is 5.91 Å². The van der Waals surface area contributed by atoms with E-state index in [9.17, 15) is 22.0 Å². The predicted molar refractivity (Wildman–Crippen MR) is 131 cm³/mol. The Kier molecular flexibility index (Phi) is 7.67. The summed E-state index contributed by atoms with van der Waals surface area (Å²) in [6.45, 7) is 1.23. The summed E-state index contributed by atoms with van der Waals surface area (Å²) in [7, 11) is -3.67. The number of thiophene rings is 1. The van der Waals surface area contributed by atoms with Crippen LogP contribution in [0.5, 0.6) is 0 Å². The molecule has 9 nitrogen and oxygen atoms in total. The number of hydrogen-bond acceptors (Lipinski definition) is 7. The Bertz CT molecular complexity index is 1290. The minimum atomic E-state index is -3.67. The first-order chi connectivity index (χ1) is 16.3. The lowest BCUT2D eigenvalue weighted by atomic mass is 10.1. The molecule has 1 aliphatic rings. The molecule has 13 heteroatoms. The molecule has 34 heavy (non-hydrogen) atoms. The maximum absolute atomic E-state index is 13.1. The van der Waals surface area contributed by atoms with Crippen LogP contribution in [0.1, 0.15) is 10.4 Å². The van der Waals surface area contributed by atoms with Crippen molar-refractivity contribution in [3.8, 4) is 0 Å². The van der Waals surface area contributed by atoms with Crippen LogP contribution in [0, 0.1) is 0 Å². The number of ether oxygens (including phenoxy) is 1. The monoisotopic (exact) mass is 540 g/mol. The Morgan fingerprint density at radius 1 is 1.15 bits per heavy atom. The van der Waals surface area contributed by atoms with Crippen LogP contribution in [0.3, 0.4) is 0 Å². The number of hydrogen-bond donors (Lipinski definition) is 1. The minimum absolute atomic E-state index is 0.0371. The lowest BCUT2D eigenvalue weighted by molar-refractivity contribution is 0.0730. The summed E-state index contributed by atoms with van der Waals surface area (Å²) in [6.07, 6.45) is 0. The van der Waals surface area contributed by atoms with E-state index in [0.29, 0.717) is 23.9 Å². The average Bonchev–Trinajstić information content (AvgIpc) is 3.35. The fraction of sp³-hybridized carbons (Fsp3) is 0.190. The lowest BCUT2D eigenvalue weighted by Gasteiger charge is -2.27. The molecule has 4 rings (SSSR count). The second-order valence-electron chi connectivity index (χ2n) is 7.12. The SMILES string of the molecule is O=C(Nc1ccc(S(=O)(=O)N2CCOCC2)cc1)c1cc(Cl)ccc1N(c1cccs1)S(=O)[O-]. The van der Waals surface area contributed by atoms with Gasteiger partial charge in [0.2, 0.25) is 10.0 Å². The number of carbonyl (C=O) groups excluding carboxylic acids is 1. The molecule has 1 fully saturated rings. The summed E-state index contributed by atoms with van der Waals surface area (Å²) in [5, 5.41) is 5.05. The molecule has 1 aromatic heterocycles. The number of halogens is 1. The number of nitrogens with zero attached hydrogens (tertiary/aromatic N) is 2. The van der Waals surface area contributed by atoms with Crippen molar-refractivity contribution in [2.24, 2.45) is 0 Å². The smallest absolute Gasteiger partial charge is 0.257 e. The van der Waals surface area contributed by atoms with Crippen LogP contribution < -0.4 is 9.62 Å². The zero-order chi connectivity index (χ0) is 24.3. The third kappa shape index (κ3) is 5.33. The minimum Gasteiger partial charge on any atom is -0.755 e. The predicted octanol–water partition coefficient (Wildman–Crippen LogP) is 3.61. The van der Waals surface area contributed by atoms with Crippen molar-refractivity contribution in [2.75, 3.05) is 35.9 Å². The van der Waals surface area contributed by atoms with Crippen molar-refractivity contribution in [3.05, 3.63) is 70.6 Å². The number of anilines is 3. The first-order valence-electron chi connectivity index (χ1n) is 9.99. The molecule has 1 amide bonds. The van der Waals surface area contributed by atoms with Crippen LogP contribution in [0.4, 0.5) is 16.4 Å². The summed E-state index contributed by atoms with van der Waals surface area (Å²) < 4.78 is 57.1. The molecular formula is C21H19ClN3O6S3-. The fourth-order valence-corrected chi connectivity index (χ4v) is 6.44. The van der Waals surface area contributed by atoms with E-state index in [0.717, 1.165) is 4.31 Å². The van der Waals surface area contributed by atoms with Crippen LogP contribution in [0.2, 0.25) is 5.02 Å². The van der Waals surface area contributed by atoms with Crippen molar-refractivity contribution < 1.29 is 26.7 Å². The second-order valence-corrected chi connectivity index (χ2v) is 11.2. The average molecular weight is 541 g/mol. The first-order valence-corrected chi connectivity index (χ1v) is 13.7. The third-order valence-corrected chi connectivity index (χ3v) is 8.81. The van der Waals surface area contributed by atoms with Gasteiger partial charge in [0.05, 0.1) is 40.6 Å². The van der Waals surface area contributed by atoms with Crippen molar-refractivity contribution in [3.63, 3.8) is 0 Å². The van der Waals surface area contributed by atoms with E-state index in [-0.39, 0.29) is 34.3 Å². The Morgan fingerprint density at radius 2 is 1.85 bits per heavy atom. The first kappa shape index (κ1) is 24.8. The van der Waals surface area contributed by atoms with Gasteiger partial charge in [-0.3, -0.25) is 13.3 Å². The highest BCUT2D eigenvalue weighted by Crippen LogP contribution is 2.35. The van der Waals surface area contributed by atoms with Crippen LogP contribution >= 0.6 is 22.9 Å². The highest BCUT2D eigenvalue weighted by Gasteiger charge is 2.26. The molecule has 1 unspecified atom stereocenters. The Labute approximate surface area is 208 Å². The van der Waals surface area contributed by atoms with Crippen molar-refractivity contribution in [1.82, 2.24) is 4.31 Å². The molecule has 0 radical (unpaired) electrons. The molecule has 180 valence electrons. The van der Waals surface area contributed by atoms with Gasteiger partial charge in [-0.2, -0.15) is 4.31 Å². The molecule has 1 N–H and O–H groups in total. The van der Waals surface area contributed by atoms with Gasteiger partial charge in [-0.05, 0) is 60.0 Å². The number of amides is 1. The van der Waals surface area contributed by atoms with Gasteiger partial charge in [-0.25, -0.2) is 8.42 Å².